The Labute approximate surface area is 201 Å². The van der Waals surface area contributed by atoms with Crippen LogP contribution in [-0.4, -0.2) is 46.6 Å². The lowest BCUT2D eigenvalue weighted by Crippen LogP contribution is -2.77. The van der Waals surface area contributed by atoms with Gasteiger partial charge in [0.1, 0.15) is 0 Å². The first-order valence-corrected chi connectivity index (χ1v) is 13.1. The molecule has 1 spiro atoms. The lowest BCUT2D eigenvalue weighted by Gasteiger charge is -2.65. The van der Waals surface area contributed by atoms with Crippen molar-refractivity contribution in [3.05, 3.63) is 59.2 Å². The maximum absolute atomic E-state index is 13.4. The largest absolute Gasteiger partial charge is 0.504 e. The summed E-state index contributed by atoms with van der Waals surface area (Å²) in [6.45, 7) is 4.26. The summed E-state index contributed by atoms with van der Waals surface area (Å²) < 4.78 is 13.8. The Balaban J connectivity index is 1.43. The van der Waals surface area contributed by atoms with Gasteiger partial charge < -0.3 is 14.6 Å². The summed E-state index contributed by atoms with van der Waals surface area (Å²) in [5.74, 6) is 1.63. The Hall–Kier alpha value is -2.37. The SMILES string of the molecule is CCC(O[C@@]12CCC(=O)C3Oc4c(O)ccc5c4[C@@]31CCN(CC1CC1)[C@@H]2C5)c1ccccc1. The van der Waals surface area contributed by atoms with Crippen molar-refractivity contribution in [2.75, 3.05) is 13.1 Å². The molecule has 2 bridgehead atoms. The summed E-state index contributed by atoms with van der Waals surface area (Å²) in [5, 5.41) is 10.8. The van der Waals surface area contributed by atoms with E-state index in [2.05, 4.69) is 42.2 Å². The van der Waals surface area contributed by atoms with Gasteiger partial charge in [0.2, 0.25) is 0 Å². The van der Waals surface area contributed by atoms with E-state index in [0.717, 1.165) is 50.3 Å². The van der Waals surface area contributed by atoms with Crippen molar-refractivity contribution in [2.45, 2.75) is 81.1 Å². The van der Waals surface area contributed by atoms with Crippen LogP contribution in [0.4, 0.5) is 0 Å². The number of ether oxygens (including phenoxy) is 2. The van der Waals surface area contributed by atoms with Gasteiger partial charge in [-0.2, -0.15) is 0 Å². The molecule has 3 aliphatic carbocycles. The number of carbonyl (C=O) groups excluding carboxylic acids is 1. The molecule has 0 radical (unpaired) electrons. The fourth-order valence-electron chi connectivity index (χ4n) is 7.78. The minimum absolute atomic E-state index is 0.0433. The number of aromatic hydroxyl groups is 1. The third-order valence-electron chi connectivity index (χ3n) is 9.41. The minimum Gasteiger partial charge on any atom is -0.504 e. The quantitative estimate of drug-likeness (QED) is 0.679. The average molecular weight is 460 g/mol. The van der Waals surface area contributed by atoms with E-state index in [1.807, 2.05) is 6.07 Å². The predicted molar refractivity (Wildman–Crippen MR) is 128 cm³/mol. The molecule has 7 rings (SSSR count). The molecule has 3 fully saturated rings. The zero-order valence-corrected chi connectivity index (χ0v) is 19.8. The van der Waals surface area contributed by atoms with E-state index in [1.165, 1.54) is 24.0 Å². The molecule has 5 atom stereocenters. The van der Waals surface area contributed by atoms with Crippen LogP contribution in [0.2, 0.25) is 0 Å². The lowest BCUT2D eigenvalue weighted by molar-refractivity contribution is -0.234. The molecule has 5 heteroatoms. The van der Waals surface area contributed by atoms with E-state index in [0.29, 0.717) is 12.2 Å². The van der Waals surface area contributed by atoms with E-state index >= 15 is 0 Å². The number of phenols is 1. The first kappa shape index (κ1) is 21.0. The standard InChI is InChI=1S/C29H33NO4/c1-2-23(19-6-4-3-5-7-19)34-29-13-12-22(32)27-28(29)14-15-30(17-18-8-9-18)24(29)16-20-10-11-21(31)26(33-27)25(20)28/h3-7,10-11,18,23-24,27,31H,2,8-9,12-17H2,1H3/t23?,24-,27?,28+,29-/m1/s1. The second kappa shape index (κ2) is 7.32. The second-order valence-corrected chi connectivity index (χ2v) is 11.1. The van der Waals surface area contributed by atoms with E-state index in [-0.39, 0.29) is 23.7 Å². The van der Waals surface area contributed by atoms with Crippen LogP contribution < -0.4 is 4.74 Å². The third kappa shape index (κ3) is 2.66. The van der Waals surface area contributed by atoms with Crippen LogP contribution in [0.15, 0.2) is 42.5 Å². The van der Waals surface area contributed by atoms with Gasteiger partial charge in [0, 0.05) is 24.6 Å². The molecule has 0 amide bonds. The monoisotopic (exact) mass is 459 g/mol. The van der Waals surface area contributed by atoms with E-state index < -0.39 is 17.1 Å². The van der Waals surface area contributed by atoms with E-state index in [4.69, 9.17) is 9.47 Å². The summed E-state index contributed by atoms with van der Waals surface area (Å²) in [4.78, 5) is 16.1. The molecule has 0 aromatic heterocycles. The van der Waals surface area contributed by atoms with Gasteiger partial charge in [-0.3, -0.25) is 9.69 Å². The molecule has 2 heterocycles. The topological polar surface area (TPSA) is 59.0 Å². The van der Waals surface area contributed by atoms with Crippen LogP contribution in [0, 0.1) is 5.92 Å². The molecule has 2 aromatic carbocycles. The number of hydrogen-bond acceptors (Lipinski definition) is 5. The summed E-state index contributed by atoms with van der Waals surface area (Å²) in [6.07, 6.45) is 5.81. The van der Waals surface area contributed by atoms with Crippen LogP contribution in [0.3, 0.4) is 0 Å². The molecule has 178 valence electrons. The average Bonchev–Trinajstić information content (AvgIpc) is 3.60. The van der Waals surface area contributed by atoms with Crippen molar-refractivity contribution in [1.82, 2.24) is 4.90 Å². The lowest BCUT2D eigenvalue weighted by atomic mass is 9.48. The molecule has 2 unspecified atom stereocenters. The van der Waals surface area contributed by atoms with Crippen LogP contribution in [-0.2, 0) is 21.4 Å². The number of phenolic OH excluding ortho intramolecular Hbond substituents is 1. The van der Waals surface area contributed by atoms with E-state index in [9.17, 15) is 9.90 Å². The van der Waals surface area contributed by atoms with Gasteiger partial charge in [-0.1, -0.05) is 43.3 Å². The van der Waals surface area contributed by atoms with Crippen molar-refractivity contribution >= 4 is 5.78 Å². The maximum Gasteiger partial charge on any atom is 0.174 e. The van der Waals surface area contributed by atoms with Gasteiger partial charge >= 0.3 is 0 Å². The zero-order chi connectivity index (χ0) is 23.1. The zero-order valence-electron chi connectivity index (χ0n) is 19.8. The summed E-state index contributed by atoms with van der Waals surface area (Å²) in [7, 11) is 0. The van der Waals surface area contributed by atoms with E-state index in [1.54, 1.807) is 6.07 Å². The first-order valence-electron chi connectivity index (χ1n) is 13.1. The number of Topliss-reactive ketones (excluding diaryl/α,β-unsaturated/α-hetero) is 1. The van der Waals surface area contributed by atoms with Crippen molar-refractivity contribution < 1.29 is 19.4 Å². The number of piperidine rings is 1. The molecule has 2 saturated carbocycles. The minimum atomic E-state index is -0.567. The highest BCUT2D eigenvalue weighted by atomic mass is 16.5. The fraction of sp³-hybridized carbons (Fsp3) is 0.552. The predicted octanol–water partition coefficient (Wildman–Crippen LogP) is 4.70. The molecular weight excluding hydrogens is 426 g/mol. The second-order valence-electron chi connectivity index (χ2n) is 11.1. The third-order valence-corrected chi connectivity index (χ3v) is 9.41. The summed E-state index contributed by atoms with van der Waals surface area (Å²) >= 11 is 0. The molecule has 34 heavy (non-hydrogen) atoms. The highest BCUT2D eigenvalue weighted by Crippen LogP contribution is 2.67. The molecule has 5 aliphatic rings. The van der Waals surface area contributed by atoms with Crippen molar-refractivity contribution in [3.8, 4) is 11.5 Å². The number of ketones is 1. The Bertz CT molecular complexity index is 1140. The van der Waals surface area contributed by atoms with Gasteiger partial charge in [0.05, 0.1) is 17.1 Å². The number of hydrogen-bond donors (Lipinski definition) is 1. The highest BCUT2D eigenvalue weighted by molar-refractivity contribution is 5.90. The first-order chi connectivity index (χ1) is 16.6. The summed E-state index contributed by atoms with van der Waals surface area (Å²) in [5.41, 5.74) is 2.44. The van der Waals surface area contributed by atoms with Crippen molar-refractivity contribution in [2.24, 2.45) is 5.92 Å². The number of carbonyl (C=O) groups is 1. The molecule has 1 N–H and O–H groups in total. The van der Waals surface area contributed by atoms with Gasteiger partial charge in [0.25, 0.3) is 0 Å². The Morgan fingerprint density at radius 1 is 1.18 bits per heavy atom. The normalized spacial score (nSPS) is 34.4. The number of likely N-dealkylation sites (tertiary alicyclic amines) is 1. The van der Waals surface area contributed by atoms with Gasteiger partial charge in [0.15, 0.2) is 23.4 Å². The molecular formula is C29H33NO4. The molecule has 5 nitrogen and oxygen atoms in total. The van der Waals surface area contributed by atoms with Gasteiger partial charge in [-0.05, 0) is 68.2 Å². The molecule has 1 saturated heterocycles. The van der Waals surface area contributed by atoms with Crippen molar-refractivity contribution in [1.29, 1.82) is 0 Å². The maximum atomic E-state index is 13.4. The van der Waals surface area contributed by atoms with Crippen molar-refractivity contribution in [3.63, 3.8) is 0 Å². The fourth-order valence-corrected chi connectivity index (χ4v) is 7.78. The molecule has 2 aromatic rings. The summed E-state index contributed by atoms with van der Waals surface area (Å²) in [6, 6.07) is 14.5. The van der Waals surface area contributed by atoms with Crippen LogP contribution in [0.25, 0.3) is 0 Å². The Morgan fingerprint density at radius 2 is 2.00 bits per heavy atom. The number of benzene rings is 2. The van der Waals surface area contributed by atoms with Gasteiger partial charge in [-0.25, -0.2) is 0 Å². The van der Waals surface area contributed by atoms with Gasteiger partial charge in [-0.15, -0.1) is 0 Å². The Kier molecular flexibility index (Phi) is 4.51. The smallest absolute Gasteiger partial charge is 0.174 e. The van der Waals surface area contributed by atoms with Crippen LogP contribution in [0.1, 0.15) is 68.2 Å². The molecule has 2 aliphatic heterocycles. The highest BCUT2D eigenvalue weighted by Gasteiger charge is 2.74. The van der Waals surface area contributed by atoms with Crippen LogP contribution in [0.5, 0.6) is 11.5 Å². The number of rotatable bonds is 6. The Morgan fingerprint density at radius 3 is 2.76 bits per heavy atom. The number of nitrogens with zero attached hydrogens (tertiary/aromatic N) is 1. The van der Waals surface area contributed by atoms with Crippen LogP contribution >= 0.6 is 0 Å².